The summed E-state index contributed by atoms with van der Waals surface area (Å²) in [4.78, 5) is 8.11. The quantitative estimate of drug-likeness (QED) is 0.753. The molecule has 0 atom stereocenters. The molecule has 1 fully saturated rings. The Hall–Kier alpha value is -0.610. The molecule has 0 aromatic carbocycles. The summed E-state index contributed by atoms with van der Waals surface area (Å²) in [5, 5.41) is 4.57. The lowest BCUT2D eigenvalue weighted by atomic mass is 10.4. The van der Waals surface area contributed by atoms with Crippen LogP contribution < -0.4 is 10.2 Å². The van der Waals surface area contributed by atoms with Crippen molar-refractivity contribution >= 4 is 16.5 Å². The lowest BCUT2D eigenvalue weighted by Gasteiger charge is -2.13. The second kappa shape index (κ2) is 4.94. The van der Waals surface area contributed by atoms with Crippen LogP contribution in [0.15, 0.2) is 6.20 Å². The summed E-state index contributed by atoms with van der Waals surface area (Å²) in [5.74, 6) is 0. The van der Waals surface area contributed by atoms with Crippen LogP contribution in [0.25, 0.3) is 0 Å². The number of nitrogens with zero attached hydrogens (tertiary/aromatic N) is 2. The molecule has 1 N–H and O–H groups in total. The van der Waals surface area contributed by atoms with Crippen molar-refractivity contribution < 1.29 is 0 Å². The number of thiazole rings is 1. The van der Waals surface area contributed by atoms with Crippen LogP contribution in [0.4, 0.5) is 5.13 Å². The fourth-order valence-corrected chi connectivity index (χ4v) is 2.46. The molecule has 0 radical (unpaired) electrons. The normalized spacial score (nSPS) is 15.6. The smallest absolute Gasteiger partial charge is 0.185 e. The molecule has 0 aliphatic heterocycles. The molecule has 1 heterocycles. The highest BCUT2D eigenvalue weighted by Crippen LogP contribution is 2.32. The number of anilines is 1. The van der Waals surface area contributed by atoms with Crippen molar-refractivity contribution in [3.05, 3.63) is 11.1 Å². The van der Waals surface area contributed by atoms with E-state index in [9.17, 15) is 0 Å². The van der Waals surface area contributed by atoms with Gasteiger partial charge in [-0.2, -0.15) is 0 Å². The van der Waals surface area contributed by atoms with Crippen LogP contribution in [0.2, 0.25) is 0 Å². The third-order valence-corrected chi connectivity index (χ3v) is 3.75. The highest BCUT2D eigenvalue weighted by atomic mass is 32.1. The maximum Gasteiger partial charge on any atom is 0.185 e. The van der Waals surface area contributed by atoms with Crippen LogP contribution in [0, 0.1) is 0 Å². The second-order valence-corrected chi connectivity index (χ2v) is 5.22. The van der Waals surface area contributed by atoms with Gasteiger partial charge in [-0.3, -0.25) is 0 Å². The van der Waals surface area contributed by atoms with E-state index in [4.69, 9.17) is 0 Å². The predicted molar refractivity (Wildman–Crippen MR) is 65.5 cm³/mol. The maximum absolute atomic E-state index is 4.46. The monoisotopic (exact) mass is 225 g/mol. The van der Waals surface area contributed by atoms with Crippen LogP contribution in [-0.2, 0) is 6.54 Å². The number of nitrogens with one attached hydrogen (secondary N) is 1. The molecule has 1 aromatic rings. The molecule has 0 bridgehead atoms. The molecule has 0 saturated heterocycles. The van der Waals surface area contributed by atoms with Crippen LogP contribution in [0.5, 0.6) is 0 Å². The van der Waals surface area contributed by atoms with E-state index in [1.165, 1.54) is 29.3 Å². The van der Waals surface area contributed by atoms with Crippen molar-refractivity contribution in [2.24, 2.45) is 0 Å². The van der Waals surface area contributed by atoms with Crippen LogP contribution in [0.1, 0.15) is 31.1 Å². The summed E-state index contributed by atoms with van der Waals surface area (Å²) < 4.78 is 0. The van der Waals surface area contributed by atoms with Gasteiger partial charge in [0.25, 0.3) is 0 Å². The maximum atomic E-state index is 4.46. The Morgan fingerprint density at radius 3 is 3.07 bits per heavy atom. The van der Waals surface area contributed by atoms with Crippen molar-refractivity contribution in [1.29, 1.82) is 0 Å². The molecule has 1 aromatic heterocycles. The standard InChI is InChI=1S/C11H19N3S/c1-3-6-12-7-10-8-13-11(15-10)14(2)9-4-5-9/h8-9,12H,3-7H2,1-2H3. The van der Waals surface area contributed by atoms with Crippen molar-refractivity contribution in [3.63, 3.8) is 0 Å². The van der Waals surface area contributed by atoms with Gasteiger partial charge in [0.1, 0.15) is 0 Å². The molecule has 0 spiro atoms. The first-order chi connectivity index (χ1) is 7.31. The van der Waals surface area contributed by atoms with Gasteiger partial charge in [0, 0.05) is 30.7 Å². The molecule has 4 heteroatoms. The lowest BCUT2D eigenvalue weighted by molar-refractivity contribution is 0.681. The van der Waals surface area contributed by atoms with Crippen molar-refractivity contribution in [1.82, 2.24) is 10.3 Å². The van der Waals surface area contributed by atoms with Gasteiger partial charge in [0.15, 0.2) is 5.13 Å². The predicted octanol–water partition coefficient (Wildman–Crippen LogP) is 2.24. The van der Waals surface area contributed by atoms with E-state index in [1.54, 1.807) is 0 Å². The Bertz CT molecular complexity index is 307. The molecule has 84 valence electrons. The van der Waals surface area contributed by atoms with Crippen molar-refractivity contribution in [2.45, 2.75) is 38.8 Å². The Morgan fingerprint density at radius 1 is 1.60 bits per heavy atom. The van der Waals surface area contributed by atoms with Gasteiger partial charge in [-0.15, -0.1) is 11.3 Å². The highest BCUT2D eigenvalue weighted by molar-refractivity contribution is 7.15. The summed E-state index contributed by atoms with van der Waals surface area (Å²) in [6, 6.07) is 0.757. The minimum Gasteiger partial charge on any atom is -0.348 e. The molecule has 1 saturated carbocycles. The first-order valence-corrected chi connectivity index (χ1v) is 6.51. The molecule has 0 amide bonds. The van der Waals surface area contributed by atoms with Gasteiger partial charge in [-0.05, 0) is 25.8 Å². The molecule has 15 heavy (non-hydrogen) atoms. The first-order valence-electron chi connectivity index (χ1n) is 5.69. The fourth-order valence-electron chi connectivity index (χ4n) is 1.55. The number of aromatic nitrogens is 1. The zero-order chi connectivity index (χ0) is 10.7. The molecule has 1 aliphatic carbocycles. The van der Waals surface area contributed by atoms with Crippen molar-refractivity contribution in [2.75, 3.05) is 18.5 Å². The van der Waals surface area contributed by atoms with Gasteiger partial charge >= 0.3 is 0 Å². The fraction of sp³-hybridized carbons (Fsp3) is 0.727. The molecule has 3 nitrogen and oxygen atoms in total. The Morgan fingerprint density at radius 2 is 2.40 bits per heavy atom. The topological polar surface area (TPSA) is 28.2 Å². The number of hydrogen-bond donors (Lipinski definition) is 1. The zero-order valence-corrected chi connectivity index (χ0v) is 10.3. The summed E-state index contributed by atoms with van der Waals surface area (Å²) in [6.45, 7) is 4.24. The van der Waals surface area contributed by atoms with E-state index >= 15 is 0 Å². The van der Waals surface area contributed by atoms with Gasteiger partial charge in [0.05, 0.1) is 0 Å². The summed E-state index contributed by atoms with van der Waals surface area (Å²) in [6.07, 6.45) is 5.86. The molecular weight excluding hydrogens is 206 g/mol. The minimum atomic E-state index is 0.757. The number of rotatable bonds is 6. The van der Waals surface area contributed by atoms with Crippen LogP contribution >= 0.6 is 11.3 Å². The van der Waals surface area contributed by atoms with Gasteiger partial charge in [-0.25, -0.2) is 4.98 Å². The Kier molecular flexibility index (Phi) is 3.59. The van der Waals surface area contributed by atoms with E-state index in [-0.39, 0.29) is 0 Å². The largest absolute Gasteiger partial charge is 0.348 e. The van der Waals surface area contributed by atoms with E-state index in [0.717, 1.165) is 19.1 Å². The molecule has 0 unspecified atom stereocenters. The first kappa shape index (κ1) is 10.9. The van der Waals surface area contributed by atoms with E-state index in [2.05, 4.69) is 29.2 Å². The Balaban J connectivity index is 1.85. The average Bonchev–Trinajstić information content (AvgIpc) is 2.98. The summed E-state index contributed by atoms with van der Waals surface area (Å²) in [5.41, 5.74) is 0. The summed E-state index contributed by atoms with van der Waals surface area (Å²) >= 11 is 1.81. The van der Waals surface area contributed by atoms with E-state index in [0.29, 0.717) is 0 Å². The molecular formula is C11H19N3S. The van der Waals surface area contributed by atoms with Crippen LogP contribution in [-0.4, -0.2) is 24.6 Å². The molecule has 1 aliphatic rings. The Labute approximate surface area is 95.5 Å². The molecule has 2 rings (SSSR count). The van der Waals surface area contributed by atoms with Crippen LogP contribution in [0.3, 0.4) is 0 Å². The lowest BCUT2D eigenvalue weighted by Crippen LogP contribution is -2.18. The third kappa shape index (κ3) is 2.92. The van der Waals surface area contributed by atoms with E-state index in [1.807, 2.05) is 17.5 Å². The number of hydrogen-bond acceptors (Lipinski definition) is 4. The minimum absolute atomic E-state index is 0.757. The van der Waals surface area contributed by atoms with Gasteiger partial charge in [0.2, 0.25) is 0 Å². The average molecular weight is 225 g/mol. The highest BCUT2D eigenvalue weighted by Gasteiger charge is 2.27. The summed E-state index contributed by atoms with van der Waals surface area (Å²) in [7, 11) is 2.15. The van der Waals surface area contributed by atoms with Gasteiger partial charge in [-0.1, -0.05) is 6.92 Å². The van der Waals surface area contributed by atoms with E-state index < -0.39 is 0 Å². The SMILES string of the molecule is CCCNCc1cnc(N(C)C2CC2)s1. The second-order valence-electron chi connectivity index (χ2n) is 4.13. The van der Waals surface area contributed by atoms with Gasteiger partial charge < -0.3 is 10.2 Å². The third-order valence-electron chi connectivity index (χ3n) is 2.66. The van der Waals surface area contributed by atoms with Crippen molar-refractivity contribution in [3.8, 4) is 0 Å². The zero-order valence-electron chi connectivity index (χ0n) is 9.49.